The molecule has 1 saturated heterocycles. The number of carbonyl (C=O) groups excluding carboxylic acids is 1. The molecule has 1 atom stereocenters. The largest absolute Gasteiger partial charge is 0.339 e. The van der Waals surface area contributed by atoms with Crippen molar-refractivity contribution in [3.05, 3.63) is 0 Å². The zero-order valence-electron chi connectivity index (χ0n) is 12.1. The molecule has 7 heteroatoms. The first-order chi connectivity index (χ1) is 9.26. The number of halogens is 1. The average Bonchev–Trinajstić information content (AvgIpc) is 2.67. The third-order valence-corrected chi connectivity index (χ3v) is 5.76. The Hall–Kier alpha value is -0.330. The molecule has 2 rings (SSSR count). The van der Waals surface area contributed by atoms with E-state index in [0.29, 0.717) is 19.0 Å². The van der Waals surface area contributed by atoms with Crippen LogP contribution in [0.3, 0.4) is 0 Å². The highest BCUT2D eigenvalue weighted by Gasteiger charge is 2.37. The van der Waals surface area contributed by atoms with Crippen molar-refractivity contribution in [3.8, 4) is 0 Å². The van der Waals surface area contributed by atoms with Crippen LogP contribution >= 0.6 is 10.7 Å². The molecule has 1 aliphatic heterocycles. The van der Waals surface area contributed by atoms with Gasteiger partial charge < -0.3 is 9.80 Å². The number of likely N-dealkylation sites (tertiary alicyclic amines) is 1. The second kappa shape index (κ2) is 6.20. The van der Waals surface area contributed by atoms with Gasteiger partial charge in [0.25, 0.3) is 0 Å². The van der Waals surface area contributed by atoms with Gasteiger partial charge in [-0.05, 0) is 39.8 Å². The van der Waals surface area contributed by atoms with Crippen molar-refractivity contribution < 1.29 is 13.2 Å². The summed E-state index contributed by atoms with van der Waals surface area (Å²) in [5.41, 5.74) is 0. The summed E-state index contributed by atoms with van der Waals surface area (Å²) < 4.78 is 22.2. The summed E-state index contributed by atoms with van der Waals surface area (Å²) >= 11 is 0. The van der Waals surface area contributed by atoms with Crippen LogP contribution < -0.4 is 0 Å². The van der Waals surface area contributed by atoms with Gasteiger partial charge in [0.05, 0.1) is 5.75 Å². The smallest absolute Gasteiger partial charge is 0.232 e. The Morgan fingerprint density at radius 2 is 1.85 bits per heavy atom. The summed E-state index contributed by atoms with van der Waals surface area (Å²) in [6.07, 6.45) is 4.53. The molecule has 1 unspecified atom stereocenters. The first-order valence-corrected chi connectivity index (χ1v) is 9.62. The van der Waals surface area contributed by atoms with E-state index in [-0.39, 0.29) is 23.6 Å². The lowest BCUT2D eigenvalue weighted by atomic mass is 9.89. The Morgan fingerprint density at radius 3 is 2.35 bits per heavy atom. The minimum absolute atomic E-state index is 0.0867. The summed E-state index contributed by atoms with van der Waals surface area (Å²) in [6.45, 7) is 0.544. The van der Waals surface area contributed by atoms with Gasteiger partial charge >= 0.3 is 0 Å². The highest BCUT2D eigenvalue weighted by atomic mass is 35.7. The number of carbonyl (C=O) groups is 1. The van der Waals surface area contributed by atoms with Gasteiger partial charge in [0.2, 0.25) is 15.0 Å². The number of nitrogens with zero attached hydrogens (tertiary/aromatic N) is 2. The molecule has 1 heterocycles. The average molecular weight is 323 g/mol. The van der Waals surface area contributed by atoms with Gasteiger partial charge in [0.15, 0.2) is 0 Å². The molecule has 2 fully saturated rings. The van der Waals surface area contributed by atoms with Crippen LogP contribution in [0.25, 0.3) is 0 Å². The molecule has 5 nitrogen and oxygen atoms in total. The van der Waals surface area contributed by atoms with Crippen LogP contribution in [0.1, 0.15) is 32.1 Å². The Kier molecular flexibility index (Phi) is 4.97. The summed E-state index contributed by atoms with van der Waals surface area (Å²) in [4.78, 5) is 16.2. The summed E-state index contributed by atoms with van der Waals surface area (Å²) in [7, 11) is 5.95. The van der Waals surface area contributed by atoms with E-state index in [4.69, 9.17) is 10.7 Å². The van der Waals surface area contributed by atoms with Crippen molar-refractivity contribution in [2.45, 2.75) is 44.2 Å². The van der Waals surface area contributed by atoms with E-state index >= 15 is 0 Å². The second-order valence-corrected chi connectivity index (χ2v) is 9.07. The highest BCUT2D eigenvalue weighted by molar-refractivity contribution is 8.13. The Morgan fingerprint density at radius 1 is 1.25 bits per heavy atom. The van der Waals surface area contributed by atoms with Crippen molar-refractivity contribution in [1.29, 1.82) is 0 Å². The van der Waals surface area contributed by atoms with Crippen molar-refractivity contribution in [1.82, 2.24) is 9.80 Å². The van der Waals surface area contributed by atoms with E-state index in [1.165, 1.54) is 0 Å². The fraction of sp³-hybridized carbons (Fsp3) is 0.923. The summed E-state index contributed by atoms with van der Waals surface area (Å²) in [5.74, 6) is -0.149. The predicted octanol–water partition coefficient (Wildman–Crippen LogP) is 1.28. The second-order valence-electron chi connectivity index (χ2n) is 6.25. The van der Waals surface area contributed by atoms with E-state index < -0.39 is 9.05 Å². The zero-order valence-corrected chi connectivity index (χ0v) is 13.7. The zero-order chi connectivity index (χ0) is 14.9. The van der Waals surface area contributed by atoms with E-state index in [1.807, 2.05) is 4.90 Å². The van der Waals surface area contributed by atoms with Gasteiger partial charge in [-0.15, -0.1) is 0 Å². The maximum atomic E-state index is 12.1. The molecule has 0 aromatic heterocycles. The van der Waals surface area contributed by atoms with Crippen molar-refractivity contribution in [2.24, 2.45) is 5.92 Å². The van der Waals surface area contributed by atoms with Crippen LogP contribution in [0, 0.1) is 5.92 Å². The molecule has 0 radical (unpaired) electrons. The van der Waals surface area contributed by atoms with Gasteiger partial charge in [0, 0.05) is 41.6 Å². The molecule has 1 saturated carbocycles. The predicted molar refractivity (Wildman–Crippen MR) is 79.2 cm³/mol. The Labute approximate surface area is 125 Å². The fourth-order valence-corrected chi connectivity index (χ4v) is 4.76. The van der Waals surface area contributed by atoms with Gasteiger partial charge in [-0.1, -0.05) is 0 Å². The van der Waals surface area contributed by atoms with Gasteiger partial charge in [-0.2, -0.15) is 0 Å². The molecule has 1 aliphatic carbocycles. The van der Waals surface area contributed by atoms with Crippen LogP contribution in [0.15, 0.2) is 0 Å². The molecule has 0 aromatic carbocycles. The Balaban J connectivity index is 1.89. The minimum atomic E-state index is -3.52. The van der Waals surface area contributed by atoms with E-state index in [0.717, 1.165) is 25.7 Å². The number of rotatable bonds is 4. The molecular weight excluding hydrogens is 300 g/mol. The topological polar surface area (TPSA) is 57.7 Å². The van der Waals surface area contributed by atoms with Gasteiger partial charge in [-0.3, -0.25) is 4.79 Å². The van der Waals surface area contributed by atoms with Crippen molar-refractivity contribution >= 4 is 25.6 Å². The molecule has 0 aromatic rings. The highest BCUT2D eigenvalue weighted by Crippen LogP contribution is 2.30. The minimum Gasteiger partial charge on any atom is -0.339 e. The summed E-state index contributed by atoms with van der Waals surface area (Å²) in [6, 6.07) is 0.879. The lowest BCUT2D eigenvalue weighted by Crippen LogP contribution is -2.43. The monoisotopic (exact) mass is 322 g/mol. The first kappa shape index (κ1) is 16.0. The molecular formula is C13H23ClN2O3S. The van der Waals surface area contributed by atoms with E-state index in [1.54, 1.807) is 0 Å². The van der Waals surface area contributed by atoms with Crippen molar-refractivity contribution in [3.63, 3.8) is 0 Å². The van der Waals surface area contributed by atoms with Crippen LogP contribution in [0.4, 0.5) is 0 Å². The normalized spacial score (nSPS) is 32.1. The fourth-order valence-electron chi connectivity index (χ4n) is 3.44. The van der Waals surface area contributed by atoms with Crippen LogP contribution in [-0.4, -0.2) is 62.6 Å². The maximum Gasteiger partial charge on any atom is 0.232 e. The third-order valence-electron chi connectivity index (χ3n) is 4.51. The maximum absolute atomic E-state index is 12.1. The molecule has 0 bridgehead atoms. The standard InChI is InChI=1S/C13H23ClN2O3S/c1-15(2)11-3-5-12(6-4-11)16-8-10(7-13(16)17)9-20(14,18)19/h10-12H,3-9H2,1-2H3. The van der Waals surface area contributed by atoms with Crippen LogP contribution in [-0.2, 0) is 13.8 Å². The van der Waals surface area contributed by atoms with E-state index in [9.17, 15) is 13.2 Å². The SMILES string of the molecule is CN(C)C1CCC(N2CC(CS(=O)(=O)Cl)CC2=O)CC1. The number of hydrogen-bond donors (Lipinski definition) is 0. The van der Waals surface area contributed by atoms with Gasteiger partial charge in [-0.25, -0.2) is 8.42 Å². The number of amides is 1. The Bertz CT molecular complexity index is 458. The quantitative estimate of drug-likeness (QED) is 0.732. The molecule has 116 valence electrons. The molecule has 0 N–H and O–H groups in total. The first-order valence-electron chi connectivity index (χ1n) is 7.14. The summed E-state index contributed by atoms with van der Waals surface area (Å²) in [5, 5.41) is 0. The molecule has 1 amide bonds. The molecule has 2 aliphatic rings. The third kappa shape index (κ3) is 4.09. The van der Waals surface area contributed by atoms with Crippen LogP contribution in [0.5, 0.6) is 0 Å². The van der Waals surface area contributed by atoms with Gasteiger partial charge in [0.1, 0.15) is 0 Å². The lowest BCUT2D eigenvalue weighted by Gasteiger charge is -2.37. The number of hydrogen-bond acceptors (Lipinski definition) is 4. The van der Waals surface area contributed by atoms with Crippen LogP contribution in [0.2, 0.25) is 0 Å². The lowest BCUT2D eigenvalue weighted by molar-refractivity contribution is -0.130. The van der Waals surface area contributed by atoms with E-state index in [2.05, 4.69) is 19.0 Å². The molecule has 0 spiro atoms. The molecule has 20 heavy (non-hydrogen) atoms. The van der Waals surface area contributed by atoms with Crippen molar-refractivity contribution in [2.75, 3.05) is 26.4 Å².